The van der Waals surface area contributed by atoms with E-state index in [4.69, 9.17) is 9.47 Å². The zero-order valence-corrected chi connectivity index (χ0v) is 10.4. The highest BCUT2D eigenvalue weighted by atomic mass is 16.5. The van der Waals surface area contributed by atoms with Crippen LogP contribution in [0.1, 0.15) is 19.4 Å². The zero-order chi connectivity index (χ0) is 12.2. The summed E-state index contributed by atoms with van der Waals surface area (Å²) in [5.41, 5.74) is -0.146. The van der Waals surface area contributed by atoms with Crippen molar-refractivity contribution >= 4 is 0 Å². The van der Waals surface area contributed by atoms with Gasteiger partial charge in [-0.1, -0.05) is 26.0 Å². The van der Waals surface area contributed by atoms with Gasteiger partial charge in [-0.05, 0) is 23.6 Å². The number of hydrogen-bond acceptors (Lipinski definition) is 3. The third kappa shape index (κ3) is 2.54. The smallest absolute Gasteiger partial charge is 0.119 e. The van der Waals surface area contributed by atoms with E-state index in [0.29, 0.717) is 0 Å². The lowest BCUT2D eigenvalue weighted by Gasteiger charge is -2.32. The molecular formula is C13H20O3. The fourth-order valence-corrected chi connectivity index (χ4v) is 1.70. The molecule has 16 heavy (non-hydrogen) atoms. The molecule has 90 valence electrons. The van der Waals surface area contributed by atoms with E-state index in [2.05, 4.69) is 0 Å². The Morgan fingerprint density at radius 1 is 1.31 bits per heavy atom. The largest absolute Gasteiger partial charge is 0.497 e. The van der Waals surface area contributed by atoms with Crippen molar-refractivity contribution in [3.05, 3.63) is 29.8 Å². The molecule has 0 saturated heterocycles. The van der Waals surface area contributed by atoms with Crippen LogP contribution in [0.15, 0.2) is 24.3 Å². The van der Waals surface area contributed by atoms with Crippen LogP contribution in [0.5, 0.6) is 5.75 Å². The number of benzene rings is 1. The van der Waals surface area contributed by atoms with Crippen molar-refractivity contribution in [3.8, 4) is 5.75 Å². The van der Waals surface area contributed by atoms with Gasteiger partial charge in [-0.25, -0.2) is 0 Å². The Balaban J connectivity index is 3.10. The molecule has 0 spiro atoms. The van der Waals surface area contributed by atoms with Crippen molar-refractivity contribution in [2.45, 2.75) is 19.4 Å². The lowest BCUT2D eigenvalue weighted by molar-refractivity contribution is -0.0701. The summed E-state index contributed by atoms with van der Waals surface area (Å²) in [6.45, 7) is 4.22. The highest BCUT2D eigenvalue weighted by Crippen LogP contribution is 2.31. The topological polar surface area (TPSA) is 38.7 Å². The van der Waals surface area contributed by atoms with E-state index < -0.39 is 5.60 Å². The first-order valence-corrected chi connectivity index (χ1v) is 5.40. The van der Waals surface area contributed by atoms with Gasteiger partial charge in [0, 0.05) is 7.11 Å². The molecule has 0 aliphatic carbocycles. The fourth-order valence-electron chi connectivity index (χ4n) is 1.70. The van der Waals surface area contributed by atoms with Crippen LogP contribution in [-0.2, 0) is 10.3 Å². The van der Waals surface area contributed by atoms with Crippen LogP contribution in [0.25, 0.3) is 0 Å². The predicted molar refractivity (Wildman–Crippen MR) is 63.6 cm³/mol. The summed E-state index contributed by atoms with van der Waals surface area (Å²) in [7, 11) is 3.21. The molecule has 1 N–H and O–H groups in total. The molecule has 0 aliphatic heterocycles. The summed E-state index contributed by atoms with van der Waals surface area (Å²) in [5, 5.41) is 10.6. The second-order valence-electron chi connectivity index (χ2n) is 4.24. The summed E-state index contributed by atoms with van der Waals surface area (Å²) < 4.78 is 10.3. The first-order valence-electron chi connectivity index (χ1n) is 5.40. The predicted octanol–water partition coefficient (Wildman–Crippen LogP) is 2.19. The molecule has 0 amide bonds. The van der Waals surface area contributed by atoms with E-state index in [0.717, 1.165) is 11.3 Å². The molecule has 0 bridgehead atoms. The van der Waals surface area contributed by atoms with Gasteiger partial charge >= 0.3 is 0 Å². The number of methoxy groups -OCH3 is 2. The SMILES string of the molecule is COCC(O)(c1cccc(OC)c1)C(C)C. The molecular weight excluding hydrogens is 204 g/mol. The minimum atomic E-state index is -0.969. The van der Waals surface area contributed by atoms with Gasteiger partial charge in [0.1, 0.15) is 11.4 Å². The van der Waals surface area contributed by atoms with Gasteiger partial charge in [0.05, 0.1) is 13.7 Å². The number of ether oxygens (including phenoxy) is 2. The van der Waals surface area contributed by atoms with Gasteiger partial charge in [0.15, 0.2) is 0 Å². The molecule has 3 nitrogen and oxygen atoms in total. The van der Waals surface area contributed by atoms with Crippen molar-refractivity contribution in [2.24, 2.45) is 5.92 Å². The van der Waals surface area contributed by atoms with Crippen molar-refractivity contribution in [3.63, 3.8) is 0 Å². The van der Waals surface area contributed by atoms with E-state index in [1.165, 1.54) is 0 Å². The third-order valence-corrected chi connectivity index (χ3v) is 2.89. The molecule has 1 atom stereocenters. The molecule has 3 heteroatoms. The van der Waals surface area contributed by atoms with E-state index >= 15 is 0 Å². The van der Waals surface area contributed by atoms with Crippen LogP contribution in [-0.4, -0.2) is 25.9 Å². The minimum Gasteiger partial charge on any atom is -0.497 e. The van der Waals surface area contributed by atoms with Crippen molar-refractivity contribution < 1.29 is 14.6 Å². The summed E-state index contributed by atoms with van der Waals surface area (Å²) >= 11 is 0. The van der Waals surface area contributed by atoms with Gasteiger partial charge < -0.3 is 14.6 Å². The number of rotatable bonds is 5. The Kier molecular flexibility index (Phi) is 4.33. The van der Waals surface area contributed by atoms with Crippen LogP contribution >= 0.6 is 0 Å². The van der Waals surface area contributed by atoms with Crippen LogP contribution in [0.4, 0.5) is 0 Å². The maximum Gasteiger partial charge on any atom is 0.119 e. The second-order valence-corrected chi connectivity index (χ2v) is 4.24. The lowest BCUT2D eigenvalue weighted by atomic mass is 9.84. The highest BCUT2D eigenvalue weighted by molar-refractivity contribution is 5.32. The quantitative estimate of drug-likeness (QED) is 0.833. The molecule has 0 fully saturated rings. The van der Waals surface area contributed by atoms with Crippen LogP contribution in [0.3, 0.4) is 0 Å². The molecule has 1 aromatic rings. The standard InChI is InChI=1S/C13H20O3/c1-10(2)13(14,9-15-3)11-6-5-7-12(8-11)16-4/h5-8,10,14H,9H2,1-4H3. The third-order valence-electron chi connectivity index (χ3n) is 2.89. The maximum atomic E-state index is 10.6. The lowest BCUT2D eigenvalue weighted by Crippen LogP contribution is -2.36. The summed E-state index contributed by atoms with van der Waals surface area (Å²) in [5.74, 6) is 0.812. The Morgan fingerprint density at radius 2 is 2.00 bits per heavy atom. The first kappa shape index (κ1) is 13.0. The molecule has 0 aliphatic rings. The van der Waals surface area contributed by atoms with E-state index in [-0.39, 0.29) is 12.5 Å². The average Bonchev–Trinajstić information content (AvgIpc) is 2.29. The Bertz CT molecular complexity index is 336. The summed E-state index contributed by atoms with van der Waals surface area (Å²) in [4.78, 5) is 0. The summed E-state index contributed by atoms with van der Waals surface area (Å²) in [6, 6.07) is 7.47. The monoisotopic (exact) mass is 224 g/mol. The minimum absolute atomic E-state index is 0.0690. The first-order chi connectivity index (χ1) is 7.54. The Hall–Kier alpha value is -1.06. The normalized spacial score (nSPS) is 14.9. The molecule has 1 unspecified atom stereocenters. The van der Waals surface area contributed by atoms with Crippen molar-refractivity contribution in [2.75, 3.05) is 20.8 Å². The van der Waals surface area contributed by atoms with Gasteiger partial charge in [-0.2, -0.15) is 0 Å². The van der Waals surface area contributed by atoms with Gasteiger partial charge in [-0.3, -0.25) is 0 Å². The van der Waals surface area contributed by atoms with E-state index in [1.807, 2.05) is 38.1 Å². The van der Waals surface area contributed by atoms with E-state index in [9.17, 15) is 5.11 Å². The van der Waals surface area contributed by atoms with Crippen LogP contribution < -0.4 is 4.74 Å². The maximum absolute atomic E-state index is 10.6. The molecule has 0 aromatic heterocycles. The van der Waals surface area contributed by atoms with Crippen molar-refractivity contribution in [1.29, 1.82) is 0 Å². The molecule has 0 heterocycles. The van der Waals surface area contributed by atoms with Crippen LogP contribution in [0, 0.1) is 5.92 Å². The zero-order valence-electron chi connectivity index (χ0n) is 10.4. The van der Waals surface area contributed by atoms with Gasteiger partial charge in [0.2, 0.25) is 0 Å². The molecule has 0 radical (unpaired) electrons. The molecule has 1 aromatic carbocycles. The Morgan fingerprint density at radius 3 is 2.50 bits per heavy atom. The van der Waals surface area contributed by atoms with Gasteiger partial charge in [0.25, 0.3) is 0 Å². The fraction of sp³-hybridized carbons (Fsp3) is 0.538. The highest BCUT2D eigenvalue weighted by Gasteiger charge is 2.33. The summed E-state index contributed by atoms with van der Waals surface area (Å²) in [6.07, 6.45) is 0. The van der Waals surface area contributed by atoms with Crippen molar-refractivity contribution in [1.82, 2.24) is 0 Å². The molecule has 0 saturated carbocycles. The van der Waals surface area contributed by atoms with Gasteiger partial charge in [-0.15, -0.1) is 0 Å². The molecule has 1 rings (SSSR count). The Labute approximate surface area is 97.0 Å². The number of aliphatic hydroxyl groups is 1. The van der Waals surface area contributed by atoms with Crippen LogP contribution in [0.2, 0.25) is 0 Å². The van der Waals surface area contributed by atoms with E-state index in [1.54, 1.807) is 14.2 Å². The second kappa shape index (κ2) is 5.32. The number of hydrogen-bond donors (Lipinski definition) is 1. The average molecular weight is 224 g/mol.